The molecule has 0 heterocycles. The smallest absolute Gasteiger partial charge is 0.306 e. The minimum atomic E-state index is -0.384. The Hall–Kier alpha value is -2.33. The highest BCUT2D eigenvalue weighted by molar-refractivity contribution is 5.69. The highest BCUT2D eigenvalue weighted by Crippen LogP contribution is 2.43. The van der Waals surface area contributed by atoms with Crippen LogP contribution >= 0.6 is 0 Å². The zero-order valence-corrected chi connectivity index (χ0v) is 16.8. The number of hydrogen-bond acceptors (Lipinski definition) is 4. The maximum Gasteiger partial charge on any atom is 0.306 e. The van der Waals surface area contributed by atoms with E-state index in [1.165, 1.54) is 0 Å². The van der Waals surface area contributed by atoms with Gasteiger partial charge in [-0.2, -0.15) is 0 Å². The summed E-state index contributed by atoms with van der Waals surface area (Å²) in [5, 5.41) is 10.7. The van der Waals surface area contributed by atoms with Gasteiger partial charge in [-0.1, -0.05) is 48.9 Å². The summed E-state index contributed by atoms with van der Waals surface area (Å²) in [5.74, 6) is 0.964. The van der Waals surface area contributed by atoms with Gasteiger partial charge in [0.1, 0.15) is 12.4 Å². The van der Waals surface area contributed by atoms with Crippen LogP contribution in [0.1, 0.15) is 54.7 Å². The maximum atomic E-state index is 12.2. The van der Waals surface area contributed by atoms with Gasteiger partial charge in [-0.05, 0) is 54.9 Å². The van der Waals surface area contributed by atoms with Crippen molar-refractivity contribution < 1.29 is 19.4 Å². The number of aliphatic hydroxyl groups excluding tert-OH is 1. The minimum Gasteiger partial charge on any atom is -0.496 e. The second kappa shape index (κ2) is 9.74. The summed E-state index contributed by atoms with van der Waals surface area (Å²) in [7, 11) is 1.67. The van der Waals surface area contributed by atoms with E-state index in [9.17, 15) is 9.90 Å². The van der Waals surface area contributed by atoms with E-state index >= 15 is 0 Å². The van der Waals surface area contributed by atoms with Crippen molar-refractivity contribution in [2.45, 2.75) is 57.7 Å². The molecular formula is C24H30O4. The summed E-state index contributed by atoms with van der Waals surface area (Å²) in [6.45, 7) is 2.35. The van der Waals surface area contributed by atoms with Gasteiger partial charge in [0.2, 0.25) is 0 Å². The zero-order chi connectivity index (χ0) is 19.9. The lowest BCUT2D eigenvalue weighted by Gasteiger charge is -2.37. The lowest BCUT2D eigenvalue weighted by atomic mass is 9.71. The van der Waals surface area contributed by atoms with Gasteiger partial charge in [-0.25, -0.2) is 0 Å². The number of ether oxygens (including phenoxy) is 2. The van der Waals surface area contributed by atoms with E-state index < -0.39 is 0 Å². The molecule has 0 bridgehead atoms. The van der Waals surface area contributed by atoms with E-state index in [1.54, 1.807) is 7.11 Å². The van der Waals surface area contributed by atoms with Crippen LogP contribution in [0.15, 0.2) is 48.5 Å². The Kier molecular flexibility index (Phi) is 7.10. The first-order chi connectivity index (χ1) is 13.6. The standard InChI is InChI=1S/C24H30O4/c1-17-20(11-7-13-22(17)27-2)24-19(10-6-12-21(24)25)14-15-23(26)28-16-18-8-4-3-5-9-18/h3-5,7-9,11,13,19,21,24-25H,6,10,12,14-16H2,1-2H3/t19?,21-,24-/m1/s1. The summed E-state index contributed by atoms with van der Waals surface area (Å²) < 4.78 is 10.9. The molecule has 1 N–H and O–H groups in total. The molecule has 2 aromatic carbocycles. The van der Waals surface area contributed by atoms with Gasteiger partial charge in [0, 0.05) is 12.3 Å². The van der Waals surface area contributed by atoms with Crippen LogP contribution in [-0.2, 0) is 16.1 Å². The Morgan fingerprint density at radius 2 is 1.89 bits per heavy atom. The molecule has 1 saturated carbocycles. The molecule has 4 nitrogen and oxygen atoms in total. The van der Waals surface area contributed by atoms with Crippen molar-refractivity contribution >= 4 is 5.97 Å². The second-order valence-corrected chi connectivity index (χ2v) is 7.64. The predicted octanol–water partition coefficient (Wildman–Crippen LogP) is 4.77. The molecule has 4 heteroatoms. The van der Waals surface area contributed by atoms with Crippen LogP contribution in [0.3, 0.4) is 0 Å². The molecule has 2 aromatic rings. The first-order valence-corrected chi connectivity index (χ1v) is 10.1. The molecule has 1 unspecified atom stereocenters. The highest BCUT2D eigenvalue weighted by Gasteiger charge is 2.34. The van der Waals surface area contributed by atoms with Crippen LogP contribution in [0.25, 0.3) is 0 Å². The van der Waals surface area contributed by atoms with Gasteiger partial charge in [0.15, 0.2) is 0 Å². The summed E-state index contributed by atoms with van der Waals surface area (Å²) >= 11 is 0. The Morgan fingerprint density at radius 1 is 1.11 bits per heavy atom. The van der Waals surface area contributed by atoms with Crippen LogP contribution in [0, 0.1) is 12.8 Å². The summed E-state index contributed by atoms with van der Waals surface area (Å²) in [6.07, 6.45) is 3.53. The molecule has 3 atom stereocenters. The van der Waals surface area contributed by atoms with Crippen molar-refractivity contribution in [1.29, 1.82) is 0 Å². The Balaban J connectivity index is 1.63. The third kappa shape index (κ3) is 4.93. The van der Waals surface area contributed by atoms with Gasteiger partial charge in [-0.15, -0.1) is 0 Å². The molecule has 0 aliphatic heterocycles. The molecular weight excluding hydrogens is 352 g/mol. The van der Waals surface area contributed by atoms with Crippen molar-refractivity contribution in [2.24, 2.45) is 5.92 Å². The van der Waals surface area contributed by atoms with E-state index in [4.69, 9.17) is 9.47 Å². The van der Waals surface area contributed by atoms with Crippen LogP contribution < -0.4 is 4.74 Å². The van der Waals surface area contributed by atoms with Crippen molar-refractivity contribution in [3.8, 4) is 5.75 Å². The minimum absolute atomic E-state index is 0.0331. The van der Waals surface area contributed by atoms with Gasteiger partial charge in [-0.3, -0.25) is 4.79 Å². The Labute approximate surface area is 167 Å². The predicted molar refractivity (Wildman–Crippen MR) is 109 cm³/mol. The fourth-order valence-corrected chi connectivity index (χ4v) is 4.37. The molecule has 1 aliphatic carbocycles. The average Bonchev–Trinajstić information content (AvgIpc) is 2.72. The van der Waals surface area contributed by atoms with Gasteiger partial charge in [0.25, 0.3) is 0 Å². The normalized spacial score (nSPS) is 21.9. The average molecular weight is 383 g/mol. The molecule has 0 amide bonds. The molecule has 28 heavy (non-hydrogen) atoms. The van der Waals surface area contributed by atoms with Gasteiger partial charge in [0.05, 0.1) is 13.2 Å². The summed E-state index contributed by atoms with van der Waals surface area (Å²) in [4.78, 5) is 12.2. The lowest BCUT2D eigenvalue weighted by molar-refractivity contribution is -0.145. The number of hydrogen-bond donors (Lipinski definition) is 1. The highest BCUT2D eigenvalue weighted by atomic mass is 16.5. The number of esters is 1. The van der Waals surface area contributed by atoms with E-state index in [0.29, 0.717) is 13.0 Å². The van der Waals surface area contributed by atoms with Crippen LogP contribution in [-0.4, -0.2) is 24.3 Å². The third-order valence-corrected chi connectivity index (χ3v) is 5.86. The molecule has 0 aromatic heterocycles. The molecule has 150 valence electrons. The van der Waals surface area contributed by atoms with Crippen LogP contribution in [0.5, 0.6) is 5.75 Å². The van der Waals surface area contributed by atoms with E-state index in [0.717, 1.165) is 48.1 Å². The first-order valence-electron chi connectivity index (χ1n) is 10.1. The molecule has 1 aliphatic rings. The molecule has 0 spiro atoms. The molecule has 0 saturated heterocycles. The number of methoxy groups -OCH3 is 1. The molecule has 1 fully saturated rings. The summed E-state index contributed by atoms with van der Waals surface area (Å²) in [5.41, 5.74) is 3.20. The van der Waals surface area contributed by atoms with Crippen LogP contribution in [0.4, 0.5) is 0 Å². The number of carbonyl (C=O) groups excluding carboxylic acids is 1. The van der Waals surface area contributed by atoms with Crippen molar-refractivity contribution in [3.05, 3.63) is 65.2 Å². The van der Waals surface area contributed by atoms with Crippen molar-refractivity contribution in [1.82, 2.24) is 0 Å². The number of rotatable bonds is 7. The fraction of sp³-hybridized carbons (Fsp3) is 0.458. The van der Waals surface area contributed by atoms with Crippen LogP contribution in [0.2, 0.25) is 0 Å². The van der Waals surface area contributed by atoms with Gasteiger partial charge < -0.3 is 14.6 Å². The summed E-state index contributed by atoms with van der Waals surface area (Å²) in [6, 6.07) is 15.7. The molecule has 3 rings (SSSR count). The number of carbonyl (C=O) groups is 1. The largest absolute Gasteiger partial charge is 0.496 e. The number of benzene rings is 2. The lowest BCUT2D eigenvalue weighted by Crippen LogP contribution is -2.31. The Bertz CT molecular complexity index is 771. The van der Waals surface area contributed by atoms with E-state index in [1.807, 2.05) is 49.4 Å². The fourth-order valence-electron chi connectivity index (χ4n) is 4.37. The van der Waals surface area contributed by atoms with Gasteiger partial charge >= 0.3 is 5.97 Å². The van der Waals surface area contributed by atoms with E-state index in [2.05, 4.69) is 6.07 Å². The zero-order valence-electron chi connectivity index (χ0n) is 16.8. The second-order valence-electron chi connectivity index (χ2n) is 7.64. The third-order valence-electron chi connectivity index (χ3n) is 5.86. The quantitative estimate of drug-likeness (QED) is 0.701. The van der Waals surface area contributed by atoms with E-state index in [-0.39, 0.29) is 23.9 Å². The first kappa shape index (κ1) is 20.4. The topological polar surface area (TPSA) is 55.8 Å². The van der Waals surface area contributed by atoms with Crippen molar-refractivity contribution in [3.63, 3.8) is 0 Å². The monoisotopic (exact) mass is 382 g/mol. The number of aliphatic hydroxyl groups is 1. The molecule has 0 radical (unpaired) electrons. The van der Waals surface area contributed by atoms with Crippen molar-refractivity contribution in [2.75, 3.05) is 7.11 Å². The Morgan fingerprint density at radius 3 is 2.64 bits per heavy atom. The SMILES string of the molecule is COc1cccc([C@H]2C(CCC(=O)OCc3ccccc3)CCC[C@H]2O)c1C. The maximum absolute atomic E-state index is 12.2.